The summed E-state index contributed by atoms with van der Waals surface area (Å²) in [5.41, 5.74) is 2.81. The summed E-state index contributed by atoms with van der Waals surface area (Å²) in [4.78, 5) is 14.8. The van der Waals surface area contributed by atoms with Crippen LogP contribution in [-0.4, -0.2) is 28.3 Å². The third-order valence-corrected chi connectivity index (χ3v) is 1.44. The summed E-state index contributed by atoms with van der Waals surface area (Å²) >= 11 is 0. The van der Waals surface area contributed by atoms with Crippen molar-refractivity contribution in [3.05, 3.63) is 30.1 Å². The van der Waals surface area contributed by atoms with Gasteiger partial charge in [-0.15, -0.1) is 0 Å². The van der Waals surface area contributed by atoms with Crippen LogP contribution in [0.15, 0.2) is 29.5 Å². The number of aliphatic hydroxyl groups is 1. The summed E-state index contributed by atoms with van der Waals surface area (Å²) in [6.45, 7) is 1.37. The highest BCUT2D eigenvalue weighted by molar-refractivity contribution is 5.82. The molecule has 0 aliphatic carbocycles. The van der Waals surface area contributed by atoms with Crippen LogP contribution in [0.2, 0.25) is 0 Å². The molecule has 1 heterocycles. The van der Waals surface area contributed by atoms with Crippen molar-refractivity contribution in [2.75, 3.05) is 0 Å². The van der Waals surface area contributed by atoms with Crippen LogP contribution in [0.5, 0.6) is 0 Å². The maximum absolute atomic E-state index is 10.8. The highest BCUT2D eigenvalue weighted by atomic mass is 16.3. The molecular weight excluding hydrogens is 182 g/mol. The second-order valence-electron chi connectivity index (χ2n) is 2.66. The zero-order chi connectivity index (χ0) is 10.4. The van der Waals surface area contributed by atoms with E-state index in [0.717, 1.165) is 0 Å². The Labute approximate surface area is 81.5 Å². The molecule has 0 bridgehead atoms. The molecule has 0 unspecified atom stereocenters. The molecule has 0 spiro atoms. The van der Waals surface area contributed by atoms with Crippen molar-refractivity contribution in [1.82, 2.24) is 10.4 Å². The Morgan fingerprint density at radius 1 is 1.71 bits per heavy atom. The predicted octanol–water partition coefficient (Wildman–Crippen LogP) is -0.0875. The van der Waals surface area contributed by atoms with Gasteiger partial charge >= 0.3 is 0 Å². The van der Waals surface area contributed by atoms with Gasteiger partial charge in [0.05, 0.1) is 11.9 Å². The molecular formula is C9H11N3O2. The minimum Gasteiger partial charge on any atom is -0.383 e. The molecule has 5 heteroatoms. The van der Waals surface area contributed by atoms with E-state index in [2.05, 4.69) is 15.5 Å². The van der Waals surface area contributed by atoms with Crippen molar-refractivity contribution in [2.45, 2.75) is 13.0 Å². The minimum absolute atomic E-state index is 0.544. The van der Waals surface area contributed by atoms with E-state index in [9.17, 15) is 4.79 Å². The van der Waals surface area contributed by atoms with Crippen molar-refractivity contribution in [3.63, 3.8) is 0 Å². The van der Waals surface area contributed by atoms with Crippen molar-refractivity contribution < 1.29 is 9.90 Å². The van der Waals surface area contributed by atoms with Gasteiger partial charge in [-0.3, -0.25) is 9.78 Å². The average molecular weight is 193 g/mol. The first-order chi connectivity index (χ1) is 6.70. The van der Waals surface area contributed by atoms with Gasteiger partial charge in [0, 0.05) is 6.20 Å². The number of rotatable bonds is 3. The maximum atomic E-state index is 10.8. The molecule has 0 saturated heterocycles. The van der Waals surface area contributed by atoms with E-state index < -0.39 is 12.0 Å². The van der Waals surface area contributed by atoms with Gasteiger partial charge in [-0.25, -0.2) is 5.43 Å². The molecule has 0 aromatic carbocycles. The molecule has 1 amide bonds. The maximum Gasteiger partial charge on any atom is 0.268 e. The van der Waals surface area contributed by atoms with E-state index in [1.807, 2.05) is 6.07 Å². The molecule has 0 aliphatic rings. The predicted molar refractivity (Wildman–Crippen MR) is 51.7 cm³/mol. The number of hydrogen-bond acceptors (Lipinski definition) is 4. The Morgan fingerprint density at radius 3 is 3.07 bits per heavy atom. The van der Waals surface area contributed by atoms with E-state index in [4.69, 9.17) is 5.11 Å². The Morgan fingerprint density at radius 2 is 2.50 bits per heavy atom. The summed E-state index contributed by atoms with van der Waals surface area (Å²) < 4.78 is 0. The monoisotopic (exact) mass is 193 g/mol. The number of carbonyl (C=O) groups excluding carboxylic acids is 1. The smallest absolute Gasteiger partial charge is 0.268 e. The van der Waals surface area contributed by atoms with Crippen LogP contribution >= 0.6 is 0 Å². The van der Waals surface area contributed by atoms with Crippen LogP contribution in [-0.2, 0) is 4.79 Å². The molecule has 0 saturated carbocycles. The molecule has 2 N–H and O–H groups in total. The highest BCUT2D eigenvalue weighted by Gasteiger charge is 2.05. The third-order valence-electron chi connectivity index (χ3n) is 1.44. The largest absolute Gasteiger partial charge is 0.383 e. The van der Waals surface area contributed by atoms with Gasteiger partial charge < -0.3 is 5.11 Å². The molecule has 14 heavy (non-hydrogen) atoms. The number of amides is 1. The lowest BCUT2D eigenvalue weighted by atomic mass is 10.4. The Balaban J connectivity index is 2.46. The zero-order valence-corrected chi connectivity index (χ0v) is 7.71. The fourth-order valence-electron chi connectivity index (χ4n) is 0.708. The second-order valence-corrected chi connectivity index (χ2v) is 2.66. The van der Waals surface area contributed by atoms with Gasteiger partial charge in [-0.05, 0) is 19.1 Å². The summed E-state index contributed by atoms with van der Waals surface area (Å²) in [7, 11) is 0. The first-order valence-corrected chi connectivity index (χ1v) is 4.12. The molecule has 5 nitrogen and oxygen atoms in total. The first-order valence-electron chi connectivity index (χ1n) is 4.12. The lowest BCUT2D eigenvalue weighted by molar-refractivity contribution is -0.128. The number of carbonyl (C=O) groups is 1. The van der Waals surface area contributed by atoms with E-state index in [0.29, 0.717) is 5.69 Å². The minimum atomic E-state index is -1.06. The number of hydrazone groups is 1. The summed E-state index contributed by atoms with van der Waals surface area (Å²) in [5.74, 6) is -0.544. The number of nitrogens with zero attached hydrogens (tertiary/aromatic N) is 2. The summed E-state index contributed by atoms with van der Waals surface area (Å²) in [6, 6.07) is 5.34. The average Bonchev–Trinajstić information content (AvgIpc) is 2.19. The molecule has 0 radical (unpaired) electrons. The number of nitrogens with one attached hydrogen (secondary N) is 1. The fraction of sp³-hybridized carbons (Fsp3) is 0.222. The van der Waals surface area contributed by atoms with Gasteiger partial charge in [0.15, 0.2) is 0 Å². The first kappa shape index (κ1) is 10.3. The molecule has 1 atom stereocenters. The SMILES string of the molecule is C[C@H](O)C(=O)N/N=C\c1ccccn1. The zero-order valence-electron chi connectivity index (χ0n) is 7.71. The summed E-state index contributed by atoms with van der Waals surface area (Å²) in [6.07, 6.45) is 1.97. The standard InChI is InChI=1S/C9H11N3O2/c1-7(13)9(14)12-11-6-8-4-2-3-5-10-8/h2-7,13H,1H3,(H,12,14)/b11-6-/t7-/m0/s1. The normalized spacial score (nSPS) is 12.7. The fourth-order valence-corrected chi connectivity index (χ4v) is 0.708. The lowest BCUT2D eigenvalue weighted by Crippen LogP contribution is -2.28. The van der Waals surface area contributed by atoms with Crippen molar-refractivity contribution in [2.24, 2.45) is 5.10 Å². The van der Waals surface area contributed by atoms with Crippen LogP contribution in [0.4, 0.5) is 0 Å². The summed E-state index contributed by atoms with van der Waals surface area (Å²) in [5, 5.41) is 12.4. The van der Waals surface area contributed by atoms with Gasteiger partial charge in [0.2, 0.25) is 0 Å². The Kier molecular flexibility index (Phi) is 3.75. The van der Waals surface area contributed by atoms with Gasteiger partial charge in [-0.2, -0.15) is 5.10 Å². The molecule has 0 fully saturated rings. The van der Waals surface area contributed by atoms with E-state index >= 15 is 0 Å². The van der Waals surface area contributed by atoms with Gasteiger partial charge in [0.25, 0.3) is 5.91 Å². The van der Waals surface area contributed by atoms with Crippen LogP contribution in [0.25, 0.3) is 0 Å². The number of aromatic nitrogens is 1. The van der Waals surface area contributed by atoms with E-state index in [-0.39, 0.29) is 0 Å². The van der Waals surface area contributed by atoms with Crippen molar-refractivity contribution in [1.29, 1.82) is 0 Å². The Bertz CT molecular complexity index is 322. The molecule has 1 rings (SSSR count). The molecule has 1 aromatic heterocycles. The lowest BCUT2D eigenvalue weighted by Gasteiger charge is -2.00. The van der Waals surface area contributed by atoms with Gasteiger partial charge in [-0.1, -0.05) is 6.07 Å². The van der Waals surface area contributed by atoms with Crippen molar-refractivity contribution >= 4 is 12.1 Å². The number of hydrogen-bond donors (Lipinski definition) is 2. The van der Waals surface area contributed by atoms with Crippen LogP contribution in [0, 0.1) is 0 Å². The van der Waals surface area contributed by atoms with Gasteiger partial charge in [0.1, 0.15) is 6.10 Å². The van der Waals surface area contributed by atoms with Crippen LogP contribution < -0.4 is 5.43 Å². The number of pyridine rings is 1. The molecule has 74 valence electrons. The molecule has 0 aliphatic heterocycles. The topological polar surface area (TPSA) is 74.6 Å². The Hall–Kier alpha value is -1.75. The quantitative estimate of drug-likeness (QED) is 0.520. The van der Waals surface area contributed by atoms with Crippen LogP contribution in [0.3, 0.4) is 0 Å². The molecule has 1 aromatic rings. The highest BCUT2D eigenvalue weighted by Crippen LogP contribution is 1.87. The second kappa shape index (κ2) is 5.08. The van der Waals surface area contributed by atoms with Crippen LogP contribution in [0.1, 0.15) is 12.6 Å². The van der Waals surface area contributed by atoms with E-state index in [1.54, 1.807) is 18.3 Å². The van der Waals surface area contributed by atoms with Crippen molar-refractivity contribution in [3.8, 4) is 0 Å². The van der Waals surface area contributed by atoms with E-state index in [1.165, 1.54) is 13.1 Å². The number of aliphatic hydroxyl groups excluding tert-OH is 1. The third kappa shape index (κ3) is 3.32.